The molecular formula is C21H24N6O2. The van der Waals surface area contributed by atoms with Crippen molar-refractivity contribution in [3.05, 3.63) is 47.9 Å². The van der Waals surface area contributed by atoms with E-state index in [-0.39, 0.29) is 5.91 Å². The first kappa shape index (κ1) is 18.1. The molecule has 0 saturated carbocycles. The molecule has 0 spiro atoms. The molecule has 8 heteroatoms. The number of benzene rings is 1. The summed E-state index contributed by atoms with van der Waals surface area (Å²) >= 11 is 0. The molecule has 3 aromatic rings. The van der Waals surface area contributed by atoms with E-state index >= 15 is 0 Å². The van der Waals surface area contributed by atoms with Gasteiger partial charge in [0.2, 0.25) is 0 Å². The lowest BCUT2D eigenvalue weighted by atomic mass is 9.94. The smallest absolute Gasteiger partial charge is 0.257 e. The van der Waals surface area contributed by atoms with Gasteiger partial charge in [-0.3, -0.25) is 14.5 Å². The summed E-state index contributed by atoms with van der Waals surface area (Å²) in [6.07, 6.45) is 5.37. The number of aryl methyl sites for hydroxylation is 1. The van der Waals surface area contributed by atoms with Crippen LogP contribution in [-0.4, -0.2) is 63.4 Å². The monoisotopic (exact) mass is 392 g/mol. The van der Waals surface area contributed by atoms with Gasteiger partial charge in [0.25, 0.3) is 5.91 Å². The Balaban J connectivity index is 1.26. The van der Waals surface area contributed by atoms with Crippen LogP contribution in [0.25, 0.3) is 11.0 Å². The molecule has 1 atom stereocenters. The summed E-state index contributed by atoms with van der Waals surface area (Å²) in [6.45, 7) is 4.14. The van der Waals surface area contributed by atoms with Crippen LogP contribution in [0.1, 0.15) is 22.5 Å². The van der Waals surface area contributed by atoms with Crippen molar-refractivity contribution in [2.75, 3.05) is 38.2 Å². The highest BCUT2D eigenvalue weighted by atomic mass is 16.5. The second-order valence-corrected chi connectivity index (χ2v) is 7.62. The Morgan fingerprint density at radius 2 is 1.97 bits per heavy atom. The van der Waals surface area contributed by atoms with Gasteiger partial charge in [0, 0.05) is 26.2 Å². The highest BCUT2D eigenvalue weighted by molar-refractivity contribution is 5.95. The van der Waals surface area contributed by atoms with Gasteiger partial charge < -0.3 is 15.0 Å². The lowest BCUT2D eigenvalue weighted by Gasteiger charge is -2.28. The van der Waals surface area contributed by atoms with E-state index in [4.69, 9.17) is 4.74 Å². The Morgan fingerprint density at radius 1 is 1.14 bits per heavy atom. The molecule has 1 amide bonds. The molecule has 1 N–H and O–H groups in total. The van der Waals surface area contributed by atoms with Crippen LogP contribution >= 0.6 is 0 Å². The van der Waals surface area contributed by atoms with Crippen LogP contribution in [0.4, 0.5) is 5.82 Å². The number of amides is 1. The summed E-state index contributed by atoms with van der Waals surface area (Å²) in [4.78, 5) is 23.9. The number of nitrogens with zero attached hydrogens (tertiary/aromatic N) is 5. The van der Waals surface area contributed by atoms with Crippen molar-refractivity contribution in [3.8, 4) is 0 Å². The maximum absolute atomic E-state index is 12.9. The third-order valence-corrected chi connectivity index (χ3v) is 5.73. The summed E-state index contributed by atoms with van der Waals surface area (Å²) in [5, 5.41) is 7.88. The molecule has 2 aliphatic heterocycles. The van der Waals surface area contributed by atoms with E-state index in [1.54, 1.807) is 12.4 Å². The molecule has 1 saturated heterocycles. The second-order valence-electron chi connectivity index (χ2n) is 7.62. The van der Waals surface area contributed by atoms with Gasteiger partial charge in [0.1, 0.15) is 5.82 Å². The Labute approximate surface area is 168 Å². The number of carbonyl (C=O) groups is 1. The standard InChI is InChI=1S/C21H24N6O2/c28-21(26-7-9-29-10-8-26)16-13-24-27-6-5-15(11-19(16)27)12-23-20-14-22-17-3-1-2-4-18(17)25-20/h1-4,13-15H,5-12H2,(H,23,25)/t15-/m1/s1. The predicted molar refractivity (Wildman–Crippen MR) is 109 cm³/mol. The molecule has 1 fully saturated rings. The molecule has 0 aliphatic carbocycles. The fourth-order valence-electron chi connectivity index (χ4n) is 4.08. The zero-order chi connectivity index (χ0) is 19.6. The van der Waals surface area contributed by atoms with Crippen LogP contribution in [0.5, 0.6) is 0 Å². The number of fused-ring (bicyclic) bond motifs is 2. The van der Waals surface area contributed by atoms with Crippen LogP contribution in [0.15, 0.2) is 36.7 Å². The summed E-state index contributed by atoms with van der Waals surface area (Å²) in [5.41, 5.74) is 3.56. The molecule has 1 aromatic carbocycles. The number of hydrogen-bond donors (Lipinski definition) is 1. The number of rotatable bonds is 4. The van der Waals surface area contributed by atoms with Crippen LogP contribution in [0, 0.1) is 5.92 Å². The SMILES string of the molecule is O=C(c1cnn2c1C[C@H](CNc1cnc3ccccc3n1)CC2)N1CCOCC1. The topological polar surface area (TPSA) is 85.2 Å². The molecule has 150 valence electrons. The van der Waals surface area contributed by atoms with Crippen molar-refractivity contribution in [1.82, 2.24) is 24.6 Å². The third-order valence-electron chi connectivity index (χ3n) is 5.73. The number of anilines is 1. The minimum atomic E-state index is 0.0727. The number of hydrogen-bond acceptors (Lipinski definition) is 6. The Morgan fingerprint density at radius 3 is 2.83 bits per heavy atom. The van der Waals surface area contributed by atoms with Gasteiger partial charge in [0.05, 0.1) is 47.9 Å². The molecule has 0 unspecified atom stereocenters. The fraction of sp³-hybridized carbons (Fsp3) is 0.429. The van der Waals surface area contributed by atoms with Crippen molar-refractivity contribution in [2.24, 2.45) is 5.92 Å². The van der Waals surface area contributed by atoms with E-state index in [9.17, 15) is 4.79 Å². The number of morpholine rings is 1. The van der Waals surface area contributed by atoms with Gasteiger partial charge >= 0.3 is 0 Å². The van der Waals surface area contributed by atoms with E-state index in [1.165, 1.54) is 0 Å². The molecule has 5 rings (SSSR count). The maximum Gasteiger partial charge on any atom is 0.257 e. The third kappa shape index (κ3) is 3.67. The summed E-state index contributed by atoms with van der Waals surface area (Å²) in [5.74, 6) is 1.28. The van der Waals surface area contributed by atoms with Crippen molar-refractivity contribution >= 4 is 22.8 Å². The number of para-hydroxylation sites is 2. The summed E-state index contributed by atoms with van der Waals surface area (Å²) < 4.78 is 7.35. The van der Waals surface area contributed by atoms with Gasteiger partial charge in [-0.05, 0) is 30.9 Å². The molecule has 0 bridgehead atoms. The van der Waals surface area contributed by atoms with Crippen molar-refractivity contribution in [1.29, 1.82) is 0 Å². The van der Waals surface area contributed by atoms with Crippen LogP contribution in [-0.2, 0) is 17.7 Å². The van der Waals surface area contributed by atoms with Gasteiger partial charge in [0.15, 0.2) is 0 Å². The van der Waals surface area contributed by atoms with Crippen molar-refractivity contribution in [2.45, 2.75) is 19.4 Å². The molecular weight excluding hydrogens is 368 g/mol. The van der Waals surface area contributed by atoms with E-state index < -0.39 is 0 Å². The molecule has 2 aromatic heterocycles. The molecule has 8 nitrogen and oxygen atoms in total. The quantitative estimate of drug-likeness (QED) is 0.731. The second kappa shape index (κ2) is 7.79. The number of aromatic nitrogens is 4. The first-order valence-corrected chi connectivity index (χ1v) is 10.2. The highest BCUT2D eigenvalue weighted by Gasteiger charge is 2.28. The molecule has 2 aliphatic rings. The zero-order valence-corrected chi connectivity index (χ0v) is 16.3. The van der Waals surface area contributed by atoms with Crippen molar-refractivity contribution < 1.29 is 9.53 Å². The lowest BCUT2D eigenvalue weighted by Crippen LogP contribution is -2.41. The minimum Gasteiger partial charge on any atom is -0.378 e. The summed E-state index contributed by atoms with van der Waals surface area (Å²) in [7, 11) is 0. The normalized spacial score (nSPS) is 19.2. The van der Waals surface area contributed by atoms with Crippen molar-refractivity contribution in [3.63, 3.8) is 0 Å². The predicted octanol–water partition coefficient (Wildman–Crippen LogP) is 1.97. The Kier molecular flexibility index (Phi) is 4.85. The Hall–Kier alpha value is -3.00. The van der Waals surface area contributed by atoms with Gasteiger partial charge in [-0.1, -0.05) is 12.1 Å². The van der Waals surface area contributed by atoms with Gasteiger partial charge in [-0.25, -0.2) is 4.98 Å². The maximum atomic E-state index is 12.9. The fourth-order valence-corrected chi connectivity index (χ4v) is 4.08. The summed E-state index contributed by atoms with van der Waals surface area (Å²) in [6, 6.07) is 7.86. The molecule has 4 heterocycles. The average Bonchev–Trinajstić information content (AvgIpc) is 3.21. The Bertz CT molecular complexity index is 1030. The number of carbonyl (C=O) groups excluding carboxylic acids is 1. The van der Waals surface area contributed by atoms with Crippen LogP contribution < -0.4 is 5.32 Å². The van der Waals surface area contributed by atoms with E-state index in [2.05, 4.69) is 20.4 Å². The van der Waals surface area contributed by atoms with E-state index in [0.717, 1.165) is 54.0 Å². The van der Waals surface area contributed by atoms with E-state index in [1.807, 2.05) is 33.8 Å². The minimum absolute atomic E-state index is 0.0727. The molecule has 0 radical (unpaired) electrons. The number of nitrogens with one attached hydrogen (secondary N) is 1. The highest BCUT2D eigenvalue weighted by Crippen LogP contribution is 2.25. The van der Waals surface area contributed by atoms with Crippen LogP contribution in [0.2, 0.25) is 0 Å². The zero-order valence-electron chi connectivity index (χ0n) is 16.3. The van der Waals surface area contributed by atoms with Crippen LogP contribution in [0.3, 0.4) is 0 Å². The average molecular weight is 392 g/mol. The lowest BCUT2D eigenvalue weighted by molar-refractivity contribution is 0.0301. The first-order valence-electron chi connectivity index (χ1n) is 10.2. The molecule has 29 heavy (non-hydrogen) atoms. The van der Waals surface area contributed by atoms with Gasteiger partial charge in [-0.15, -0.1) is 0 Å². The number of ether oxygens (including phenoxy) is 1. The first-order chi connectivity index (χ1) is 14.3. The van der Waals surface area contributed by atoms with Gasteiger partial charge in [-0.2, -0.15) is 5.10 Å². The largest absolute Gasteiger partial charge is 0.378 e. The van der Waals surface area contributed by atoms with E-state index in [0.29, 0.717) is 32.2 Å².